The van der Waals surface area contributed by atoms with Crippen molar-refractivity contribution in [3.05, 3.63) is 0 Å². The first-order chi connectivity index (χ1) is 3.72. The zero-order valence-corrected chi connectivity index (χ0v) is 3.81. The summed E-state index contributed by atoms with van der Waals surface area (Å²) in [5.41, 5.74) is 0. The Hall–Kier alpha value is -1.16. The molecule has 0 fully saturated rings. The molecule has 0 heterocycles. The average molecular weight is 116 g/mol. The number of nitrogens with zero attached hydrogens (tertiary/aromatic N) is 2. The Labute approximate surface area is 45.0 Å². The molecular weight excluding hydrogens is 114 g/mol. The first-order valence-corrected chi connectivity index (χ1v) is 1.79. The van der Waals surface area contributed by atoms with Crippen LogP contribution >= 0.6 is 0 Å². The number of hydrogen-bond donors (Lipinski definition) is 0. The number of halogens is 2. The molecule has 0 bridgehead atoms. The molecule has 0 amide bonds. The fourth-order valence-electron chi connectivity index (χ4n) is 0.131. The van der Waals surface area contributed by atoms with Crippen molar-refractivity contribution >= 4 is 0 Å². The second kappa shape index (κ2) is 2.92. The summed E-state index contributed by atoms with van der Waals surface area (Å²) in [6.45, 7) is 0. The highest BCUT2D eigenvalue weighted by Crippen LogP contribution is 1.99. The van der Waals surface area contributed by atoms with Crippen LogP contribution in [0.4, 0.5) is 8.78 Å². The summed E-state index contributed by atoms with van der Waals surface area (Å²) >= 11 is 0. The van der Waals surface area contributed by atoms with Crippen LogP contribution in [0.5, 0.6) is 0 Å². The van der Waals surface area contributed by atoms with Crippen LogP contribution in [0.25, 0.3) is 0 Å². The normalized spacial score (nSPS) is 15.5. The number of alkyl halides is 2. The highest BCUT2D eigenvalue weighted by molar-refractivity contribution is 4.99. The molecular formula is C4H2F2N2. The molecule has 0 aromatic rings. The van der Waals surface area contributed by atoms with Gasteiger partial charge in [0.05, 0.1) is 0 Å². The highest BCUT2D eigenvalue weighted by Gasteiger charge is 2.17. The summed E-state index contributed by atoms with van der Waals surface area (Å²) in [6, 6.07) is 1.90. The maximum atomic E-state index is 11.6. The predicted molar refractivity (Wildman–Crippen MR) is 21.0 cm³/mol. The quantitative estimate of drug-likeness (QED) is 0.506. The third kappa shape index (κ3) is 1.53. The molecule has 42 valence electrons. The van der Waals surface area contributed by atoms with E-state index < -0.39 is 12.3 Å². The van der Waals surface area contributed by atoms with Gasteiger partial charge >= 0.3 is 0 Å². The second-order valence-electron chi connectivity index (χ2n) is 1.06. The summed E-state index contributed by atoms with van der Waals surface area (Å²) in [7, 11) is 0. The van der Waals surface area contributed by atoms with E-state index in [0.29, 0.717) is 0 Å². The Morgan fingerprint density at radius 3 is 1.38 bits per heavy atom. The minimum Gasteiger partial charge on any atom is -0.226 e. The molecule has 0 rings (SSSR count). The van der Waals surface area contributed by atoms with E-state index in [0.717, 1.165) is 12.1 Å². The van der Waals surface area contributed by atoms with Gasteiger partial charge in [-0.1, -0.05) is 0 Å². The fraction of sp³-hybridized carbons (Fsp3) is 0.500. The third-order valence-corrected chi connectivity index (χ3v) is 0.504. The molecule has 0 aliphatic heterocycles. The van der Waals surface area contributed by atoms with E-state index in [1.807, 2.05) is 0 Å². The van der Waals surface area contributed by atoms with Crippen molar-refractivity contribution in [2.75, 3.05) is 0 Å². The molecule has 0 aromatic heterocycles. The lowest BCUT2D eigenvalue weighted by molar-refractivity contribution is 0.260. The second-order valence-corrected chi connectivity index (χ2v) is 1.06. The molecule has 8 heavy (non-hydrogen) atoms. The standard InChI is InChI=1S/C4H2F2N2/c5-3(1-7)4(6)2-8/h3-4H. The molecule has 0 N–H and O–H groups in total. The first-order valence-electron chi connectivity index (χ1n) is 1.79. The molecule has 0 saturated heterocycles. The van der Waals surface area contributed by atoms with Crippen molar-refractivity contribution in [2.24, 2.45) is 0 Å². The summed E-state index contributed by atoms with van der Waals surface area (Å²) in [5.74, 6) is 0. The average Bonchev–Trinajstić information content (AvgIpc) is 1.84. The third-order valence-electron chi connectivity index (χ3n) is 0.504. The van der Waals surface area contributed by atoms with E-state index in [-0.39, 0.29) is 0 Å². The van der Waals surface area contributed by atoms with Gasteiger partial charge in [0.2, 0.25) is 12.3 Å². The Bertz CT molecular complexity index is 125. The largest absolute Gasteiger partial charge is 0.230 e. The lowest BCUT2D eigenvalue weighted by atomic mass is 10.3. The van der Waals surface area contributed by atoms with Gasteiger partial charge in [-0.15, -0.1) is 0 Å². The van der Waals surface area contributed by atoms with E-state index in [2.05, 4.69) is 0 Å². The van der Waals surface area contributed by atoms with Crippen molar-refractivity contribution in [1.82, 2.24) is 0 Å². The molecule has 2 unspecified atom stereocenters. The molecule has 0 spiro atoms. The monoisotopic (exact) mass is 116 g/mol. The van der Waals surface area contributed by atoms with Crippen LogP contribution in [0, 0.1) is 22.7 Å². The minimum absolute atomic E-state index is 0.951. The Morgan fingerprint density at radius 1 is 1.00 bits per heavy atom. The first kappa shape index (κ1) is 6.84. The van der Waals surface area contributed by atoms with Crippen molar-refractivity contribution in [1.29, 1.82) is 10.5 Å². The Balaban J connectivity index is 3.72. The van der Waals surface area contributed by atoms with E-state index in [9.17, 15) is 8.78 Å². The zero-order valence-electron chi connectivity index (χ0n) is 3.81. The van der Waals surface area contributed by atoms with Gasteiger partial charge in [-0.05, 0) is 0 Å². The number of nitriles is 2. The van der Waals surface area contributed by atoms with Gasteiger partial charge in [-0.3, -0.25) is 0 Å². The van der Waals surface area contributed by atoms with Gasteiger partial charge in [0.25, 0.3) is 0 Å². The molecule has 0 aromatic carbocycles. The SMILES string of the molecule is N#CC(F)C(F)C#N. The maximum Gasteiger partial charge on any atom is 0.230 e. The number of hydrogen-bond acceptors (Lipinski definition) is 2. The van der Waals surface area contributed by atoms with Crippen molar-refractivity contribution in [3.8, 4) is 12.1 Å². The molecule has 4 heteroatoms. The van der Waals surface area contributed by atoms with E-state index >= 15 is 0 Å². The predicted octanol–water partition coefficient (Wildman–Crippen LogP) is 0.710. The molecule has 0 aliphatic carbocycles. The van der Waals surface area contributed by atoms with Crippen LogP contribution in [0.1, 0.15) is 0 Å². The summed E-state index contributed by atoms with van der Waals surface area (Å²) in [6.07, 6.45) is -4.61. The van der Waals surface area contributed by atoms with Gasteiger partial charge in [-0.2, -0.15) is 10.5 Å². The molecule has 0 saturated carbocycles. The van der Waals surface area contributed by atoms with Gasteiger partial charge in [0.1, 0.15) is 12.1 Å². The molecule has 2 atom stereocenters. The topological polar surface area (TPSA) is 47.6 Å². The highest BCUT2D eigenvalue weighted by atomic mass is 19.2. The van der Waals surface area contributed by atoms with Gasteiger partial charge in [0.15, 0.2) is 0 Å². The Kier molecular flexibility index (Phi) is 2.50. The van der Waals surface area contributed by atoms with Crippen molar-refractivity contribution in [3.63, 3.8) is 0 Å². The fourth-order valence-corrected chi connectivity index (χ4v) is 0.131. The van der Waals surface area contributed by atoms with Gasteiger partial charge in [0, 0.05) is 0 Å². The molecule has 0 radical (unpaired) electrons. The van der Waals surface area contributed by atoms with Crippen LogP contribution in [-0.2, 0) is 0 Å². The Morgan fingerprint density at radius 2 is 1.25 bits per heavy atom. The minimum atomic E-state index is -2.31. The van der Waals surface area contributed by atoms with Crippen LogP contribution in [-0.4, -0.2) is 12.3 Å². The van der Waals surface area contributed by atoms with E-state index in [4.69, 9.17) is 10.5 Å². The molecule has 2 nitrogen and oxygen atoms in total. The molecule has 0 aliphatic rings. The summed E-state index contributed by atoms with van der Waals surface area (Å²) in [4.78, 5) is 0. The lowest BCUT2D eigenvalue weighted by Crippen LogP contribution is -2.11. The lowest BCUT2D eigenvalue weighted by Gasteiger charge is -1.91. The van der Waals surface area contributed by atoms with Gasteiger partial charge in [-0.25, -0.2) is 8.78 Å². The van der Waals surface area contributed by atoms with Crippen LogP contribution in [0.3, 0.4) is 0 Å². The van der Waals surface area contributed by atoms with Crippen LogP contribution < -0.4 is 0 Å². The maximum absolute atomic E-state index is 11.6. The van der Waals surface area contributed by atoms with Crippen molar-refractivity contribution < 1.29 is 8.78 Å². The van der Waals surface area contributed by atoms with E-state index in [1.165, 1.54) is 0 Å². The zero-order chi connectivity index (χ0) is 6.57. The summed E-state index contributed by atoms with van der Waals surface area (Å²) in [5, 5.41) is 15.2. The van der Waals surface area contributed by atoms with Crippen LogP contribution in [0.2, 0.25) is 0 Å². The van der Waals surface area contributed by atoms with Crippen molar-refractivity contribution in [2.45, 2.75) is 12.3 Å². The smallest absolute Gasteiger partial charge is 0.226 e. The van der Waals surface area contributed by atoms with E-state index in [1.54, 1.807) is 0 Å². The number of rotatable bonds is 1. The van der Waals surface area contributed by atoms with Crippen LogP contribution in [0.15, 0.2) is 0 Å². The van der Waals surface area contributed by atoms with Gasteiger partial charge < -0.3 is 0 Å². The summed E-state index contributed by atoms with van der Waals surface area (Å²) < 4.78 is 23.1.